The molecule has 86 valence electrons. The van der Waals surface area contributed by atoms with Crippen LogP contribution in [-0.2, 0) is 0 Å². The van der Waals surface area contributed by atoms with E-state index in [0.29, 0.717) is 0 Å². The molecule has 0 aromatic carbocycles. The van der Waals surface area contributed by atoms with Gasteiger partial charge in [-0.05, 0) is 25.4 Å². The Morgan fingerprint density at radius 1 is 1.21 bits per heavy atom. The summed E-state index contributed by atoms with van der Waals surface area (Å²) in [5.74, 6) is 0. The molecule has 0 aromatic rings. The minimum atomic E-state index is 0.221. The molecule has 0 aliphatic rings. The van der Waals surface area contributed by atoms with Crippen molar-refractivity contribution in [3.05, 3.63) is 0 Å². The predicted octanol–water partition coefficient (Wildman–Crippen LogP) is 2.48. The molecule has 2 nitrogen and oxygen atoms in total. The maximum atomic E-state index is 6.11. The van der Waals surface area contributed by atoms with Gasteiger partial charge in [0.25, 0.3) is 0 Å². The lowest BCUT2D eigenvalue weighted by Gasteiger charge is -2.30. The monoisotopic (exact) mass is 200 g/mol. The largest absolute Gasteiger partial charge is 0.326 e. The molecule has 0 fully saturated rings. The van der Waals surface area contributed by atoms with Crippen molar-refractivity contribution in [3.63, 3.8) is 0 Å². The third kappa shape index (κ3) is 6.39. The first-order valence-corrected chi connectivity index (χ1v) is 5.82. The van der Waals surface area contributed by atoms with Crippen molar-refractivity contribution in [2.45, 2.75) is 53.0 Å². The van der Waals surface area contributed by atoms with E-state index in [4.69, 9.17) is 5.73 Å². The average Bonchev–Trinajstić information content (AvgIpc) is 2.03. The highest BCUT2D eigenvalue weighted by Gasteiger charge is 2.21. The Labute approximate surface area is 89.9 Å². The van der Waals surface area contributed by atoms with E-state index in [-0.39, 0.29) is 11.5 Å². The van der Waals surface area contributed by atoms with Crippen LogP contribution in [0.2, 0.25) is 0 Å². The van der Waals surface area contributed by atoms with Crippen LogP contribution in [0, 0.1) is 5.41 Å². The first-order valence-electron chi connectivity index (χ1n) is 5.82. The van der Waals surface area contributed by atoms with Crippen molar-refractivity contribution in [2.24, 2.45) is 11.1 Å². The van der Waals surface area contributed by atoms with Gasteiger partial charge in [-0.1, -0.05) is 40.5 Å². The van der Waals surface area contributed by atoms with E-state index in [1.165, 1.54) is 25.8 Å². The van der Waals surface area contributed by atoms with Crippen LogP contribution in [0.5, 0.6) is 0 Å². The van der Waals surface area contributed by atoms with Gasteiger partial charge in [-0.2, -0.15) is 0 Å². The van der Waals surface area contributed by atoms with Crippen LogP contribution in [0.1, 0.15) is 47.0 Å². The Bertz CT molecular complexity index is 138. The van der Waals surface area contributed by atoms with Crippen LogP contribution in [0.3, 0.4) is 0 Å². The molecule has 0 saturated heterocycles. The van der Waals surface area contributed by atoms with Crippen LogP contribution in [-0.4, -0.2) is 31.1 Å². The Balaban J connectivity index is 3.66. The lowest BCUT2D eigenvalue weighted by molar-refractivity contribution is 0.224. The normalized spacial score (nSPS) is 14.8. The van der Waals surface area contributed by atoms with Crippen molar-refractivity contribution in [1.29, 1.82) is 0 Å². The first-order chi connectivity index (χ1) is 6.38. The highest BCUT2D eigenvalue weighted by molar-refractivity contribution is 4.79. The molecule has 0 amide bonds. The zero-order valence-electron chi connectivity index (χ0n) is 10.6. The van der Waals surface area contributed by atoms with E-state index in [9.17, 15) is 0 Å². The van der Waals surface area contributed by atoms with E-state index < -0.39 is 0 Å². The SMILES string of the molecule is CCCCCN(C)CC(N)C(C)(C)C. The van der Waals surface area contributed by atoms with Crippen LogP contribution in [0.25, 0.3) is 0 Å². The van der Waals surface area contributed by atoms with E-state index in [1.807, 2.05) is 0 Å². The van der Waals surface area contributed by atoms with E-state index >= 15 is 0 Å². The Hall–Kier alpha value is -0.0800. The fraction of sp³-hybridized carbons (Fsp3) is 1.00. The van der Waals surface area contributed by atoms with Gasteiger partial charge in [-0.15, -0.1) is 0 Å². The minimum absolute atomic E-state index is 0.221. The maximum Gasteiger partial charge on any atom is 0.0217 e. The molecule has 0 aliphatic carbocycles. The summed E-state index contributed by atoms with van der Waals surface area (Å²) in [5, 5.41) is 0. The molecule has 0 heterocycles. The van der Waals surface area contributed by atoms with E-state index in [2.05, 4.69) is 39.6 Å². The van der Waals surface area contributed by atoms with Crippen LogP contribution in [0.15, 0.2) is 0 Å². The molecule has 0 saturated carbocycles. The molecule has 2 N–H and O–H groups in total. The van der Waals surface area contributed by atoms with Gasteiger partial charge < -0.3 is 10.6 Å². The Morgan fingerprint density at radius 2 is 1.79 bits per heavy atom. The van der Waals surface area contributed by atoms with Gasteiger partial charge in [-0.25, -0.2) is 0 Å². The number of rotatable bonds is 6. The van der Waals surface area contributed by atoms with Crippen LogP contribution >= 0.6 is 0 Å². The second kappa shape index (κ2) is 6.41. The van der Waals surface area contributed by atoms with Gasteiger partial charge >= 0.3 is 0 Å². The fourth-order valence-corrected chi connectivity index (χ4v) is 1.33. The third-order valence-electron chi connectivity index (χ3n) is 2.76. The molecule has 0 radical (unpaired) electrons. The molecule has 0 spiro atoms. The molecule has 0 bridgehead atoms. The molecule has 0 aromatic heterocycles. The number of hydrogen-bond donors (Lipinski definition) is 1. The van der Waals surface area contributed by atoms with E-state index in [1.54, 1.807) is 0 Å². The van der Waals surface area contributed by atoms with Gasteiger partial charge in [0.2, 0.25) is 0 Å². The lowest BCUT2D eigenvalue weighted by atomic mass is 9.87. The standard InChI is InChI=1S/C12H28N2/c1-6-7-8-9-14(5)10-11(13)12(2,3)4/h11H,6-10,13H2,1-5H3. The summed E-state index contributed by atoms with van der Waals surface area (Å²) in [5.41, 5.74) is 6.34. The van der Waals surface area contributed by atoms with Gasteiger partial charge in [0.15, 0.2) is 0 Å². The smallest absolute Gasteiger partial charge is 0.0217 e. The Kier molecular flexibility index (Phi) is 6.38. The minimum Gasteiger partial charge on any atom is -0.326 e. The van der Waals surface area contributed by atoms with Crippen molar-refractivity contribution in [2.75, 3.05) is 20.1 Å². The van der Waals surface area contributed by atoms with Gasteiger partial charge in [0.1, 0.15) is 0 Å². The topological polar surface area (TPSA) is 29.3 Å². The molecular weight excluding hydrogens is 172 g/mol. The molecule has 1 unspecified atom stereocenters. The zero-order valence-corrected chi connectivity index (χ0v) is 10.6. The van der Waals surface area contributed by atoms with Crippen molar-refractivity contribution < 1.29 is 0 Å². The summed E-state index contributed by atoms with van der Waals surface area (Å²) in [7, 11) is 2.17. The second-order valence-electron chi connectivity index (χ2n) is 5.44. The number of nitrogens with zero attached hydrogens (tertiary/aromatic N) is 1. The predicted molar refractivity (Wildman–Crippen MR) is 64.5 cm³/mol. The zero-order chi connectivity index (χ0) is 11.2. The van der Waals surface area contributed by atoms with Crippen molar-refractivity contribution in [1.82, 2.24) is 4.90 Å². The summed E-state index contributed by atoms with van der Waals surface area (Å²) in [6.07, 6.45) is 3.91. The summed E-state index contributed by atoms with van der Waals surface area (Å²) in [6, 6.07) is 0.272. The second-order valence-corrected chi connectivity index (χ2v) is 5.44. The molecule has 14 heavy (non-hydrogen) atoms. The summed E-state index contributed by atoms with van der Waals surface area (Å²) < 4.78 is 0. The number of unbranched alkanes of at least 4 members (excludes halogenated alkanes) is 2. The molecule has 1 atom stereocenters. The quantitative estimate of drug-likeness (QED) is 0.667. The Morgan fingerprint density at radius 3 is 2.21 bits per heavy atom. The van der Waals surface area contributed by atoms with Crippen LogP contribution in [0.4, 0.5) is 0 Å². The fourth-order valence-electron chi connectivity index (χ4n) is 1.33. The van der Waals surface area contributed by atoms with Crippen molar-refractivity contribution in [3.8, 4) is 0 Å². The molecular formula is C12H28N2. The van der Waals surface area contributed by atoms with Crippen molar-refractivity contribution >= 4 is 0 Å². The van der Waals surface area contributed by atoms with E-state index in [0.717, 1.165) is 6.54 Å². The summed E-state index contributed by atoms with van der Waals surface area (Å²) in [6.45, 7) is 11.0. The van der Waals surface area contributed by atoms with Gasteiger partial charge in [0.05, 0.1) is 0 Å². The molecule has 2 heteroatoms. The van der Waals surface area contributed by atoms with Gasteiger partial charge in [-0.3, -0.25) is 0 Å². The third-order valence-corrected chi connectivity index (χ3v) is 2.76. The highest BCUT2D eigenvalue weighted by Crippen LogP contribution is 2.17. The first kappa shape index (κ1) is 13.9. The number of likely N-dealkylation sites (N-methyl/N-ethyl adjacent to an activating group) is 1. The highest BCUT2D eigenvalue weighted by atomic mass is 15.1. The number of nitrogens with two attached hydrogens (primary N) is 1. The summed E-state index contributed by atoms with van der Waals surface area (Å²) in [4.78, 5) is 2.35. The average molecular weight is 200 g/mol. The molecule has 0 rings (SSSR count). The number of hydrogen-bond acceptors (Lipinski definition) is 2. The van der Waals surface area contributed by atoms with Crippen LogP contribution < -0.4 is 5.73 Å². The molecule has 0 aliphatic heterocycles. The maximum absolute atomic E-state index is 6.11. The van der Waals surface area contributed by atoms with Gasteiger partial charge in [0, 0.05) is 12.6 Å². The lowest BCUT2D eigenvalue weighted by Crippen LogP contribution is -2.44. The summed E-state index contributed by atoms with van der Waals surface area (Å²) >= 11 is 0.